The van der Waals surface area contributed by atoms with Gasteiger partial charge in [0.05, 0.1) is 0 Å². The van der Waals surface area contributed by atoms with Crippen molar-refractivity contribution in [1.29, 1.82) is 0 Å². The van der Waals surface area contributed by atoms with Crippen LogP contribution >= 0.6 is 0 Å². The molecule has 1 aromatic carbocycles. The molecule has 0 aliphatic rings. The largest absolute Gasteiger partial charge is 0.478 e. The summed E-state index contributed by atoms with van der Waals surface area (Å²) in [5.41, 5.74) is 6.74. The standard InChI is InChI=1S/C11H13FN2.C4H4O4/c1-8(13)7-14-5-4-9-6-10(12)2-3-11(9)14;5-3(6)1-2-4(7)8/h2-6,8H,7,13H2,1H3;1-2H,(H,5,6)(H,7,8). The van der Waals surface area contributed by atoms with Gasteiger partial charge >= 0.3 is 11.9 Å². The van der Waals surface area contributed by atoms with Gasteiger partial charge < -0.3 is 20.5 Å². The Morgan fingerprint density at radius 1 is 1.27 bits per heavy atom. The predicted octanol–water partition coefficient (Wildman–Crippen LogP) is 1.84. The van der Waals surface area contributed by atoms with Crippen LogP contribution in [0.2, 0.25) is 0 Å². The number of carboxylic acids is 2. The van der Waals surface area contributed by atoms with Crippen LogP contribution in [0.4, 0.5) is 4.39 Å². The number of halogens is 1. The van der Waals surface area contributed by atoms with Gasteiger partial charge in [0.1, 0.15) is 5.82 Å². The molecule has 1 atom stereocenters. The topological polar surface area (TPSA) is 106 Å². The van der Waals surface area contributed by atoms with Crippen molar-refractivity contribution < 1.29 is 24.2 Å². The van der Waals surface area contributed by atoms with E-state index in [0.717, 1.165) is 17.4 Å². The third-order valence-electron chi connectivity index (χ3n) is 2.59. The maximum absolute atomic E-state index is 12.9. The monoisotopic (exact) mass is 308 g/mol. The number of carboxylic acid groups (broad SMARTS) is 2. The molecule has 0 aliphatic carbocycles. The Morgan fingerprint density at radius 2 is 1.86 bits per heavy atom. The van der Waals surface area contributed by atoms with Gasteiger partial charge in [-0.25, -0.2) is 14.0 Å². The van der Waals surface area contributed by atoms with Gasteiger partial charge in [0.2, 0.25) is 0 Å². The molecule has 0 fully saturated rings. The van der Waals surface area contributed by atoms with Crippen molar-refractivity contribution in [1.82, 2.24) is 4.57 Å². The third-order valence-corrected chi connectivity index (χ3v) is 2.59. The Hall–Kier alpha value is -2.67. The van der Waals surface area contributed by atoms with Gasteiger partial charge in [0.15, 0.2) is 0 Å². The quantitative estimate of drug-likeness (QED) is 0.747. The van der Waals surface area contributed by atoms with Gasteiger partial charge in [-0.15, -0.1) is 0 Å². The molecule has 0 saturated heterocycles. The van der Waals surface area contributed by atoms with Crippen LogP contribution in [0.5, 0.6) is 0 Å². The SMILES string of the molecule is CC(N)Cn1ccc2cc(F)ccc21.O=C(O)C=CC(=O)O. The molecule has 2 rings (SSSR count). The van der Waals surface area contributed by atoms with Crippen LogP contribution in [-0.4, -0.2) is 32.8 Å². The van der Waals surface area contributed by atoms with Gasteiger partial charge in [-0.1, -0.05) is 0 Å². The minimum Gasteiger partial charge on any atom is -0.478 e. The highest BCUT2D eigenvalue weighted by Gasteiger charge is 2.03. The van der Waals surface area contributed by atoms with E-state index in [1.54, 1.807) is 6.07 Å². The summed E-state index contributed by atoms with van der Waals surface area (Å²) in [6.45, 7) is 2.71. The molecule has 1 heterocycles. The molecule has 2 aromatic rings. The molecule has 0 saturated carbocycles. The summed E-state index contributed by atoms with van der Waals surface area (Å²) in [7, 11) is 0. The highest BCUT2D eigenvalue weighted by molar-refractivity contribution is 5.89. The Bertz CT molecular complexity index is 676. The zero-order valence-electron chi connectivity index (χ0n) is 11.9. The zero-order valence-corrected chi connectivity index (χ0v) is 11.9. The molecule has 6 nitrogen and oxygen atoms in total. The summed E-state index contributed by atoms with van der Waals surface area (Å²) in [5.74, 6) is -2.71. The van der Waals surface area contributed by atoms with E-state index in [4.69, 9.17) is 15.9 Å². The number of rotatable bonds is 4. The maximum atomic E-state index is 12.9. The van der Waals surface area contributed by atoms with E-state index in [-0.39, 0.29) is 11.9 Å². The van der Waals surface area contributed by atoms with E-state index in [0.29, 0.717) is 12.2 Å². The smallest absolute Gasteiger partial charge is 0.328 e. The number of carbonyl (C=O) groups is 2. The average Bonchev–Trinajstić information content (AvgIpc) is 2.78. The summed E-state index contributed by atoms with van der Waals surface area (Å²) < 4.78 is 14.9. The van der Waals surface area contributed by atoms with Crippen LogP contribution in [0, 0.1) is 5.82 Å². The molecular formula is C15H17FN2O4. The number of aromatic nitrogens is 1. The number of nitrogens with zero attached hydrogens (tertiary/aromatic N) is 1. The summed E-state index contributed by atoms with van der Waals surface area (Å²) >= 11 is 0. The second-order valence-electron chi connectivity index (χ2n) is 4.66. The third kappa shape index (κ3) is 5.76. The van der Waals surface area contributed by atoms with E-state index >= 15 is 0 Å². The first-order valence-electron chi connectivity index (χ1n) is 6.43. The highest BCUT2D eigenvalue weighted by Crippen LogP contribution is 2.17. The molecule has 118 valence electrons. The molecule has 4 N–H and O–H groups in total. The lowest BCUT2D eigenvalue weighted by molar-refractivity contribution is -0.134. The number of fused-ring (bicyclic) bond motifs is 1. The van der Waals surface area contributed by atoms with Crippen molar-refractivity contribution in [2.24, 2.45) is 5.73 Å². The Kier molecular flexibility index (Phi) is 6.27. The Balaban J connectivity index is 0.000000261. The molecule has 0 aliphatic heterocycles. The molecule has 0 amide bonds. The van der Waals surface area contributed by atoms with Crippen molar-refractivity contribution >= 4 is 22.8 Å². The molecule has 1 aromatic heterocycles. The lowest BCUT2D eigenvalue weighted by atomic mass is 10.2. The average molecular weight is 308 g/mol. The molecule has 0 bridgehead atoms. The molecular weight excluding hydrogens is 291 g/mol. The fraction of sp³-hybridized carbons (Fsp3) is 0.200. The van der Waals surface area contributed by atoms with Crippen molar-refractivity contribution in [2.75, 3.05) is 0 Å². The number of aliphatic carboxylic acids is 2. The van der Waals surface area contributed by atoms with Crippen LogP contribution in [0.1, 0.15) is 6.92 Å². The van der Waals surface area contributed by atoms with Crippen LogP contribution in [0.15, 0.2) is 42.6 Å². The lowest BCUT2D eigenvalue weighted by Gasteiger charge is -2.07. The molecule has 0 spiro atoms. The van der Waals surface area contributed by atoms with Crippen molar-refractivity contribution in [3.63, 3.8) is 0 Å². The second kappa shape index (κ2) is 7.94. The van der Waals surface area contributed by atoms with E-state index in [2.05, 4.69) is 0 Å². The Labute approximate surface area is 126 Å². The van der Waals surface area contributed by atoms with Gasteiger partial charge in [0, 0.05) is 41.8 Å². The first-order valence-corrected chi connectivity index (χ1v) is 6.43. The fourth-order valence-corrected chi connectivity index (χ4v) is 1.78. The van der Waals surface area contributed by atoms with E-state index in [1.807, 2.05) is 23.8 Å². The van der Waals surface area contributed by atoms with Gasteiger partial charge in [-0.2, -0.15) is 0 Å². The summed E-state index contributed by atoms with van der Waals surface area (Å²) in [6, 6.07) is 6.80. The predicted molar refractivity (Wildman–Crippen MR) is 80.0 cm³/mol. The number of hydrogen-bond acceptors (Lipinski definition) is 3. The maximum Gasteiger partial charge on any atom is 0.328 e. The fourth-order valence-electron chi connectivity index (χ4n) is 1.78. The van der Waals surface area contributed by atoms with Gasteiger partial charge in [0.25, 0.3) is 0 Å². The van der Waals surface area contributed by atoms with E-state index < -0.39 is 11.9 Å². The number of hydrogen-bond donors (Lipinski definition) is 3. The molecule has 22 heavy (non-hydrogen) atoms. The number of nitrogens with two attached hydrogens (primary N) is 1. The van der Waals surface area contributed by atoms with Crippen LogP contribution < -0.4 is 5.73 Å². The summed E-state index contributed by atoms with van der Waals surface area (Å²) in [4.78, 5) is 19.1. The first kappa shape index (κ1) is 17.4. The molecule has 7 heteroatoms. The summed E-state index contributed by atoms with van der Waals surface area (Å²) in [6.07, 6.45) is 3.05. The van der Waals surface area contributed by atoms with Crippen molar-refractivity contribution in [3.05, 3.63) is 48.4 Å². The first-order chi connectivity index (χ1) is 10.3. The lowest BCUT2D eigenvalue weighted by Crippen LogP contribution is -2.21. The van der Waals surface area contributed by atoms with Crippen LogP contribution in [-0.2, 0) is 16.1 Å². The highest BCUT2D eigenvalue weighted by atomic mass is 19.1. The van der Waals surface area contributed by atoms with E-state index in [1.165, 1.54) is 12.1 Å². The van der Waals surface area contributed by atoms with E-state index in [9.17, 15) is 14.0 Å². The molecule has 0 radical (unpaired) electrons. The number of benzene rings is 1. The second-order valence-corrected chi connectivity index (χ2v) is 4.66. The van der Waals surface area contributed by atoms with Crippen molar-refractivity contribution in [3.8, 4) is 0 Å². The van der Waals surface area contributed by atoms with Gasteiger partial charge in [-0.3, -0.25) is 0 Å². The van der Waals surface area contributed by atoms with Crippen LogP contribution in [0.25, 0.3) is 10.9 Å². The van der Waals surface area contributed by atoms with Crippen molar-refractivity contribution in [2.45, 2.75) is 19.5 Å². The normalized spacial score (nSPS) is 12.0. The van der Waals surface area contributed by atoms with Crippen LogP contribution in [0.3, 0.4) is 0 Å². The van der Waals surface area contributed by atoms with Gasteiger partial charge in [-0.05, 0) is 31.2 Å². The Morgan fingerprint density at radius 3 is 2.36 bits per heavy atom. The molecule has 1 unspecified atom stereocenters. The minimum atomic E-state index is -1.26. The summed E-state index contributed by atoms with van der Waals surface area (Å²) in [5, 5.41) is 16.5. The zero-order chi connectivity index (χ0) is 16.7. The minimum absolute atomic E-state index is 0.107.